The summed E-state index contributed by atoms with van der Waals surface area (Å²) in [6.07, 6.45) is 4.60. The molecule has 3 nitrogen and oxygen atoms in total. The summed E-state index contributed by atoms with van der Waals surface area (Å²) in [5.74, 6) is 0. The normalized spacial score (nSPS) is 39.0. The highest BCUT2D eigenvalue weighted by molar-refractivity contribution is 5.85. The van der Waals surface area contributed by atoms with Gasteiger partial charge in [-0.1, -0.05) is 0 Å². The summed E-state index contributed by atoms with van der Waals surface area (Å²) in [5.41, 5.74) is 0.0750. The van der Waals surface area contributed by atoms with E-state index in [1.807, 2.05) is 0 Å². The zero-order chi connectivity index (χ0) is 8.44. The quantitative estimate of drug-likeness (QED) is 0.665. The van der Waals surface area contributed by atoms with Crippen molar-refractivity contribution >= 4 is 12.4 Å². The molecular weight excluding hydrogens is 190 g/mol. The molecule has 0 aromatic carbocycles. The Morgan fingerprint density at radius 1 is 1.46 bits per heavy atom. The fraction of sp³-hybridized carbons (Fsp3) is 1.00. The van der Waals surface area contributed by atoms with Gasteiger partial charge in [-0.2, -0.15) is 0 Å². The molecule has 0 aromatic heterocycles. The van der Waals surface area contributed by atoms with E-state index in [9.17, 15) is 0 Å². The summed E-state index contributed by atoms with van der Waals surface area (Å²) in [6, 6.07) is 0. The van der Waals surface area contributed by atoms with Crippen LogP contribution in [0, 0.1) is 0 Å². The Hall–Kier alpha value is 0.170. The van der Waals surface area contributed by atoms with E-state index in [4.69, 9.17) is 9.84 Å². The lowest BCUT2D eigenvalue weighted by molar-refractivity contribution is -0.131. The van der Waals surface area contributed by atoms with Crippen LogP contribution in [0.5, 0.6) is 0 Å². The SMILES string of the molecule is Cl.OCC1CCCC2(CCNC2)O1. The zero-order valence-electron chi connectivity index (χ0n) is 7.79. The Labute approximate surface area is 85.3 Å². The third kappa shape index (κ3) is 2.34. The van der Waals surface area contributed by atoms with Gasteiger partial charge in [0.1, 0.15) is 0 Å². The molecule has 4 heteroatoms. The van der Waals surface area contributed by atoms with E-state index >= 15 is 0 Å². The number of hydrogen-bond donors (Lipinski definition) is 2. The standard InChI is InChI=1S/C9H17NO2.ClH/c11-6-8-2-1-3-9(12-8)4-5-10-7-9;/h8,10-11H,1-7H2;1H. The van der Waals surface area contributed by atoms with Crippen LogP contribution in [-0.2, 0) is 4.74 Å². The Morgan fingerprint density at radius 2 is 2.31 bits per heavy atom. The van der Waals surface area contributed by atoms with Crippen molar-refractivity contribution in [2.75, 3.05) is 19.7 Å². The van der Waals surface area contributed by atoms with Crippen LogP contribution in [0.4, 0.5) is 0 Å². The number of halogens is 1. The highest BCUT2D eigenvalue weighted by Crippen LogP contribution is 2.33. The van der Waals surface area contributed by atoms with Crippen molar-refractivity contribution in [2.45, 2.75) is 37.4 Å². The van der Waals surface area contributed by atoms with E-state index in [-0.39, 0.29) is 30.7 Å². The van der Waals surface area contributed by atoms with Crippen molar-refractivity contribution < 1.29 is 9.84 Å². The van der Waals surface area contributed by atoms with Gasteiger partial charge in [-0.3, -0.25) is 0 Å². The summed E-state index contributed by atoms with van der Waals surface area (Å²) < 4.78 is 5.87. The maximum atomic E-state index is 8.99. The fourth-order valence-electron chi connectivity index (χ4n) is 2.29. The maximum absolute atomic E-state index is 8.99. The minimum absolute atomic E-state index is 0. The van der Waals surface area contributed by atoms with Crippen LogP contribution in [0.3, 0.4) is 0 Å². The molecule has 0 radical (unpaired) electrons. The number of aliphatic hydroxyl groups is 1. The summed E-state index contributed by atoms with van der Waals surface area (Å²) in [6.45, 7) is 2.23. The van der Waals surface area contributed by atoms with E-state index in [0.717, 1.165) is 32.4 Å². The van der Waals surface area contributed by atoms with E-state index in [2.05, 4.69) is 5.32 Å². The van der Waals surface area contributed by atoms with Crippen LogP contribution >= 0.6 is 12.4 Å². The first-order valence-electron chi connectivity index (χ1n) is 4.84. The van der Waals surface area contributed by atoms with E-state index in [1.54, 1.807) is 0 Å². The molecule has 2 unspecified atom stereocenters. The smallest absolute Gasteiger partial charge is 0.0823 e. The van der Waals surface area contributed by atoms with Gasteiger partial charge in [0.25, 0.3) is 0 Å². The predicted octanol–water partition coefficient (Wildman–Crippen LogP) is 0.702. The van der Waals surface area contributed by atoms with Gasteiger partial charge < -0.3 is 15.2 Å². The second-order valence-corrected chi connectivity index (χ2v) is 3.92. The Balaban J connectivity index is 0.000000845. The first-order chi connectivity index (χ1) is 5.85. The predicted molar refractivity (Wildman–Crippen MR) is 53.3 cm³/mol. The minimum atomic E-state index is 0. The molecule has 1 spiro atoms. The Morgan fingerprint density at radius 3 is 2.92 bits per heavy atom. The highest BCUT2D eigenvalue weighted by Gasteiger charge is 2.39. The average molecular weight is 208 g/mol. The third-order valence-corrected chi connectivity index (χ3v) is 2.98. The number of aliphatic hydroxyl groups excluding tert-OH is 1. The number of ether oxygens (including phenoxy) is 1. The molecule has 0 bridgehead atoms. The number of nitrogens with one attached hydrogen (secondary N) is 1. The van der Waals surface area contributed by atoms with E-state index in [0.29, 0.717) is 0 Å². The molecule has 0 amide bonds. The first kappa shape index (κ1) is 11.2. The molecule has 0 saturated carbocycles. The molecule has 2 aliphatic rings. The molecule has 2 heterocycles. The van der Waals surface area contributed by atoms with Crippen LogP contribution in [-0.4, -0.2) is 36.5 Å². The Kier molecular flexibility index (Phi) is 3.98. The summed E-state index contributed by atoms with van der Waals surface area (Å²) in [5, 5.41) is 12.3. The minimum Gasteiger partial charge on any atom is -0.394 e. The lowest BCUT2D eigenvalue weighted by Crippen LogP contribution is -2.43. The van der Waals surface area contributed by atoms with Crippen molar-refractivity contribution in [3.05, 3.63) is 0 Å². The molecule has 0 aliphatic carbocycles. The van der Waals surface area contributed by atoms with Crippen molar-refractivity contribution in [3.63, 3.8) is 0 Å². The van der Waals surface area contributed by atoms with Gasteiger partial charge in [-0.15, -0.1) is 12.4 Å². The number of rotatable bonds is 1. The van der Waals surface area contributed by atoms with Gasteiger partial charge in [-0.25, -0.2) is 0 Å². The van der Waals surface area contributed by atoms with Crippen LogP contribution < -0.4 is 5.32 Å². The fourth-order valence-corrected chi connectivity index (χ4v) is 2.29. The van der Waals surface area contributed by atoms with Gasteiger partial charge in [0.05, 0.1) is 18.3 Å². The van der Waals surface area contributed by atoms with Crippen molar-refractivity contribution in [1.29, 1.82) is 0 Å². The molecule has 2 rings (SSSR count). The van der Waals surface area contributed by atoms with E-state index < -0.39 is 0 Å². The molecule has 2 atom stereocenters. The second-order valence-electron chi connectivity index (χ2n) is 3.92. The molecule has 2 saturated heterocycles. The molecule has 2 fully saturated rings. The maximum Gasteiger partial charge on any atom is 0.0823 e. The van der Waals surface area contributed by atoms with Crippen LogP contribution in [0.25, 0.3) is 0 Å². The third-order valence-electron chi connectivity index (χ3n) is 2.98. The first-order valence-corrected chi connectivity index (χ1v) is 4.84. The summed E-state index contributed by atoms with van der Waals surface area (Å²) in [4.78, 5) is 0. The lowest BCUT2D eigenvalue weighted by atomic mass is 9.91. The van der Waals surface area contributed by atoms with Gasteiger partial charge in [0.15, 0.2) is 0 Å². The van der Waals surface area contributed by atoms with Crippen molar-refractivity contribution in [1.82, 2.24) is 5.32 Å². The topological polar surface area (TPSA) is 41.5 Å². The Bertz CT molecular complexity index is 160. The second kappa shape index (κ2) is 4.60. The van der Waals surface area contributed by atoms with E-state index in [1.165, 1.54) is 6.42 Å². The largest absolute Gasteiger partial charge is 0.394 e. The van der Waals surface area contributed by atoms with Gasteiger partial charge in [-0.05, 0) is 32.2 Å². The molecule has 2 aliphatic heterocycles. The molecular formula is C9H18ClNO2. The zero-order valence-corrected chi connectivity index (χ0v) is 8.61. The summed E-state index contributed by atoms with van der Waals surface area (Å²) >= 11 is 0. The highest BCUT2D eigenvalue weighted by atomic mass is 35.5. The van der Waals surface area contributed by atoms with Gasteiger partial charge in [0, 0.05) is 6.54 Å². The average Bonchev–Trinajstić information content (AvgIpc) is 2.53. The molecule has 2 N–H and O–H groups in total. The molecule has 78 valence electrons. The van der Waals surface area contributed by atoms with Gasteiger partial charge >= 0.3 is 0 Å². The monoisotopic (exact) mass is 207 g/mol. The van der Waals surface area contributed by atoms with Crippen molar-refractivity contribution in [2.24, 2.45) is 0 Å². The van der Waals surface area contributed by atoms with Crippen LogP contribution in [0.1, 0.15) is 25.7 Å². The molecule has 0 aromatic rings. The number of hydrogen-bond acceptors (Lipinski definition) is 3. The van der Waals surface area contributed by atoms with Gasteiger partial charge in [0.2, 0.25) is 0 Å². The summed E-state index contributed by atoms with van der Waals surface area (Å²) in [7, 11) is 0. The van der Waals surface area contributed by atoms with Crippen molar-refractivity contribution in [3.8, 4) is 0 Å². The van der Waals surface area contributed by atoms with Crippen LogP contribution in [0.15, 0.2) is 0 Å². The molecule has 13 heavy (non-hydrogen) atoms. The van der Waals surface area contributed by atoms with Crippen LogP contribution in [0.2, 0.25) is 0 Å². The lowest BCUT2D eigenvalue weighted by Gasteiger charge is -2.37.